The summed E-state index contributed by atoms with van der Waals surface area (Å²) in [6.45, 7) is 6.98. The van der Waals surface area contributed by atoms with E-state index >= 15 is 0 Å². The van der Waals surface area contributed by atoms with Gasteiger partial charge in [0.1, 0.15) is 0 Å². The zero-order chi connectivity index (χ0) is 15.8. The molecule has 0 radical (unpaired) electrons. The van der Waals surface area contributed by atoms with Crippen molar-refractivity contribution in [3.05, 3.63) is 59.4 Å². The van der Waals surface area contributed by atoms with Gasteiger partial charge in [-0.3, -0.25) is 4.99 Å². The van der Waals surface area contributed by atoms with Gasteiger partial charge in [0.2, 0.25) is 0 Å². The van der Waals surface area contributed by atoms with Crippen molar-refractivity contribution < 1.29 is 0 Å². The number of benzene rings is 1. The van der Waals surface area contributed by atoms with Crippen LogP contribution in [0.1, 0.15) is 16.7 Å². The fourth-order valence-corrected chi connectivity index (χ4v) is 2.49. The highest BCUT2D eigenvalue weighted by molar-refractivity contribution is 5.79. The van der Waals surface area contributed by atoms with Crippen LogP contribution in [0, 0.1) is 13.8 Å². The van der Waals surface area contributed by atoms with E-state index in [2.05, 4.69) is 64.6 Å². The molecule has 0 spiro atoms. The molecule has 118 valence electrons. The van der Waals surface area contributed by atoms with Gasteiger partial charge >= 0.3 is 0 Å². The van der Waals surface area contributed by atoms with Crippen LogP contribution in [0.5, 0.6) is 0 Å². The summed E-state index contributed by atoms with van der Waals surface area (Å²) in [5.41, 5.74) is 4.06. The maximum atomic E-state index is 4.26. The highest BCUT2D eigenvalue weighted by atomic mass is 15.2. The average molecular weight is 298 g/mol. The highest BCUT2D eigenvalue weighted by Crippen LogP contribution is 2.10. The second kappa shape index (κ2) is 8.27. The van der Waals surface area contributed by atoms with Gasteiger partial charge in [0.05, 0.1) is 0 Å². The molecule has 0 saturated heterocycles. The number of hydrogen-bond donors (Lipinski definition) is 2. The molecule has 4 nitrogen and oxygen atoms in total. The number of guanidine groups is 1. The molecular formula is C18H26N4. The molecule has 0 saturated carbocycles. The standard InChI is InChI=1S/C18H26N4/c1-15-6-7-17(16(2)14-15)8-9-20-18(19-3)21-10-13-22-11-4-5-12-22/h4-7,11-12,14H,8-10,13H2,1-3H3,(H2,19,20,21). The lowest BCUT2D eigenvalue weighted by Crippen LogP contribution is -2.39. The molecule has 1 aromatic carbocycles. The zero-order valence-electron chi connectivity index (χ0n) is 13.8. The Balaban J connectivity index is 1.72. The Morgan fingerprint density at radius 2 is 1.82 bits per heavy atom. The third-order valence-corrected chi connectivity index (χ3v) is 3.74. The summed E-state index contributed by atoms with van der Waals surface area (Å²) < 4.78 is 2.15. The van der Waals surface area contributed by atoms with Crippen molar-refractivity contribution in [3.63, 3.8) is 0 Å². The van der Waals surface area contributed by atoms with Crippen molar-refractivity contribution in [1.82, 2.24) is 15.2 Å². The van der Waals surface area contributed by atoms with E-state index in [1.54, 1.807) is 0 Å². The van der Waals surface area contributed by atoms with Crippen molar-refractivity contribution in [3.8, 4) is 0 Å². The Morgan fingerprint density at radius 3 is 2.50 bits per heavy atom. The van der Waals surface area contributed by atoms with E-state index in [-0.39, 0.29) is 0 Å². The number of aromatic nitrogens is 1. The molecule has 0 bridgehead atoms. The Hall–Kier alpha value is -2.23. The molecule has 2 aromatic rings. The molecule has 0 amide bonds. The quantitative estimate of drug-likeness (QED) is 0.635. The van der Waals surface area contributed by atoms with Gasteiger partial charge in [-0.25, -0.2) is 0 Å². The van der Waals surface area contributed by atoms with Crippen LogP contribution in [0.3, 0.4) is 0 Å². The summed E-state index contributed by atoms with van der Waals surface area (Å²) in [5, 5.41) is 6.71. The first-order chi connectivity index (χ1) is 10.7. The summed E-state index contributed by atoms with van der Waals surface area (Å²) in [5.74, 6) is 0.858. The SMILES string of the molecule is CN=C(NCCc1ccc(C)cc1C)NCCn1cccc1. The smallest absolute Gasteiger partial charge is 0.191 e. The molecule has 0 aliphatic rings. The summed E-state index contributed by atoms with van der Waals surface area (Å²) >= 11 is 0. The van der Waals surface area contributed by atoms with Crippen LogP contribution in [-0.4, -0.2) is 30.7 Å². The maximum absolute atomic E-state index is 4.26. The number of nitrogens with zero attached hydrogens (tertiary/aromatic N) is 2. The van der Waals surface area contributed by atoms with Crippen molar-refractivity contribution in [2.75, 3.05) is 20.1 Å². The predicted molar refractivity (Wildman–Crippen MR) is 93.4 cm³/mol. The van der Waals surface area contributed by atoms with Gasteiger partial charge in [-0.2, -0.15) is 0 Å². The molecule has 1 heterocycles. The fourth-order valence-electron chi connectivity index (χ4n) is 2.49. The lowest BCUT2D eigenvalue weighted by atomic mass is 10.0. The largest absolute Gasteiger partial charge is 0.356 e. The van der Waals surface area contributed by atoms with E-state index < -0.39 is 0 Å². The molecule has 2 N–H and O–H groups in total. The first-order valence-electron chi connectivity index (χ1n) is 7.80. The van der Waals surface area contributed by atoms with Gasteiger partial charge in [-0.1, -0.05) is 23.8 Å². The van der Waals surface area contributed by atoms with Crippen LogP contribution in [0.2, 0.25) is 0 Å². The highest BCUT2D eigenvalue weighted by Gasteiger charge is 2.00. The average Bonchev–Trinajstić information content (AvgIpc) is 3.01. The molecule has 2 rings (SSSR count). The van der Waals surface area contributed by atoms with Crippen LogP contribution in [0.15, 0.2) is 47.7 Å². The molecule has 0 unspecified atom stereocenters. The summed E-state index contributed by atoms with van der Waals surface area (Å²) in [7, 11) is 1.81. The topological polar surface area (TPSA) is 41.4 Å². The molecule has 4 heteroatoms. The van der Waals surface area contributed by atoms with Crippen molar-refractivity contribution in [1.29, 1.82) is 0 Å². The van der Waals surface area contributed by atoms with E-state index in [0.29, 0.717) is 0 Å². The molecule has 22 heavy (non-hydrogen) atoms. The number of hydrogen-bond acceptors (Lipinski definition) is 1. The van der Waals surface area contributed by atoms with E-state index in [1.165, 1.54) is 16.7 Å². The molecule has 0 aliphatic carbocycles. The maximum Gasteiger partial charge on any atom is 0.191 e. The second-order valence-electron chi connectivity index (χ2n) is 5.53. The Labute approximate surface area is 133 Å². The number of aryl methyl sites for hydroxylation is 2. The fraction of sp³-hybridized carbons (Fsp3) is 0.389. The van der Waals surface area contributed by atoms with Gasteiger partial charge in [-0.15, -0.1) is 0 Å². The third kappa shape index (κ3) is 4.95. The van der Waals surface area contributed by atoms with Gasteiger partial charge < -0.3 is 15.2 Å². The van der Waals surface area contributed by atoms with Crippen LogP contribution in [-0.2, 0) is 13.0 Å². The van der Waals surface area contributed by atoms with Crippen LogP contribution in [0.25, 0.3) is 0 Å². The summed E-state index contributed by atoms with van der Waals surface area (Å²) in [6, 6.07) is 10.7. The Kier molecular flexibility index (Phi) is 6.07. The minimum Gasteiger partial charge on any atom is -0.356 e. The van der Waals surface area contributed by atoms with Crippen molar-refractivity contribution >= 4 is 5.96 Å². The van der Waals surface area contributed by atoms with Gasteiger partial charge in [0, 0.05) is 39.1 Å². The second-order valence-corrected chi connectivity index (χ2v) is 5.53. The van der Waals surface area contributed by atoms with Gasteiger partial charge in [0.15, 0.2) is 5.96 Å². The van der Waals surface area contributed by atoms with Crippen LogP contribution in [0.4, 0.5) is 0 Å². The van der Waals surface area contributed by atoms with E-state index in [0.717, 1.165) is 32.0 Å². The van der Waals surface area contributed by atoms with E-state index in [9.17, 15) is 0 Å². The van der Waals surface area contributed by atoms with Crippen LogP contribution >= 0.6 is 0 Å². The minimum atomic E-state index is 0.858. The molecule has 0 fully saturated rings. The lowest BCUT2D eigenvalue weighted by Gasteiger charge is -2.13. The number of aliphatic imine (C=N–C) groups is 1. The Morgan fingerprint density at radius 1 is 1.09 bits per heavy atom. The first kappa shape index (κ1) is 16.1. The summed E-state index contributed by atoms with van der Waals surface area (Å²) in [4.78, 5) is 4.26. The monoisotopic (exact) mass is 298 g/mol. The van der Waals surface area contributed by atoms with Crippen molar-refractivity contribution in [2.45, 2.75) is 26.8 Å². The molecule has 0 atom stereocenters. The van der Waals surface area contributed by atoms with Crippen molar-refractivity contribution in [2.24, 2.45) is 4.99 Å². The number of nitrogens with one attached hydrogen (secondary N) is 2. The third-order valence-electron chi connectivity index (χ3n) is 3.74. The van der Waals surface area contributed by atoms with Gasteiger partial charge in [-0.05, 0) is 43.5 Å². The molecule has 0 aliphatic heterocycles. The minimum absolute atomic E-state index is 0.858. The lowest BCUT2D eigenvalue weighted by molar-refractivity contribution is 0.665. The predicted octanol–water partition coefficient (Wildman–Crippen LogP) is 2.51. The summed E-state index contributed by atoms with van der Waals surface area (Å²) in [6.07, 6.45) is 5.14. The number of rotatable bonds is 6. The van der Waals surface area contributed by atoms with E-state index in [1.807, 2.05) is 19.2 Å². The zero-order valence-corrected chi connectivity index (χ0v) is 13.8. The molecular weight excluding hydrogens is 272 g/mol. The van der Waals surface area contributed by atoms with Crippen LogP contribution < -0.4 is 10.6 Å². The first-order valence-corrected chi connectivity index (χ1v) is 7.80. The molecule has 1 aromatic heterocycles. The van der Waals surface area contributed by atoms with Gasteiger partial charge in [0.25, 0.3) is 0 Å². The Bertz CT molecular complexity index is 600. The normalized spacial score (nSPS) is 11.5. The van der Waals surface area contributed by atoms with E-state index in [4.69, 9.17) is 0 Å².